The lowest BCUT2D eigenvalue weighted by Crippen LogP contribution is -2.31. The smallest absolute Gasteiger partial charge is 0.351 e. The summed E-state index contributed by atoms with van der Waals surface area (Å²) in [5.74, 6) is 0.519. The lowest BCUT2D eigenvalue weighted by atomic mass is 9.73. The van der Waals surface area contributed by atoms with Crippen molar-refractivity contribution in [2.24, 2.45) is 16.7 Å². The predicted molar refractivity (Wildman–Crippen MR) is 141 cm³/mol. The van der Waals surface area contributed by atoms with Gasteiger partial charge in [-0.15, -0.1) is 0 Å². The van der Waals surface area contributed by atoms with Gasteiger partial charge >= 0.3 is 11.7 Å². The fourth-order valence-electron chi connectivity index (χ4n) is 4.85. The zero-order valence-corrected chi connectivity index (χ0v) is 21.5. The van der Waals surface area contributed by atoms with Gasteiger partial charge in [0.25, 0.3) is 0 Å². The molecule has 1 aromatic heterocycles. The average molecular weight is 477 g/mol. The van der Waals surface area contributed by atoms with Crippen molar-refractivity contribution in [3.8, 4) is 0 Å². The highest BCUT2D eigenvalue weighted by molar-refractivity contribution is 6.00. The van der Waals surface area contributed by atoms with E-state index in [4.69, 9.17) is 4.74 Å². The van der Waals surface area contributed by atoms with Crippen LogP contribution in [0.25, 0.3) is 10.8 Å². The van der Waals surface area contributed by atoms with Crippen LogP contribution in [0.3, 0.4) is 0 Å². The molecule has 1 fully saturated rings. The number of carbonyl (C=O) groups is 1. The molecule has 4 rings (SSSR count). The monoisotopic (exact) mass is 476 g/mol. The molecule has 7 nitrogen and oxygen atoms in total. The molecule has 0 bridgehead atoms. The first-order valence-corrected chi connectivity index (χ1v) is 12.2. The Bertz CT molecular complexity index is 1270. The van der Waals surface area contributed by atoms with Gasteiger partial charge in [-0.1, -0.05) is 71.9 Å². The van der Waals surface area contributed by atoms with E-state index in [9.17, 15) is 9.59 Å². The number of fused-ring (bicyclic) bond motifs is 1. The topological polar surface area (TPSA) is 85.2 Å². The van der Waals surface area contributed by atoms with Gasteiger partial charge in [-0.2, -0.15) is 4.98 Å². The summed E-state index contributed by atoms with van der Waals surface area (Å²) in [6.45, 7) is 13.3. The third-order valence-corrected chi connectivity index (χ3v) is 6.55. The molecule has 0 saturated carbocycles. The molecule has 1 aliphatic heterocycles. The Balaban J connectivity index is 1.45. The van der Waals surface area contributed by atoms with Crippen LogP contribution < -0.4 is 16.3 Å². The molecule has 0 spiro atoms. The second-order valence-electron chi connectivity index (χ2n) is 11.7. The number of nitrogens with one attached hydrogen (secondary N) is 2. The van der Waals surface area contributed by atoms with Gasteiger partial charge in [0.2, 0.25) is 0 Å². The van der Waals surface area contributed by atoms with Crippen molar-refractivity contribution in [3.63, 3.8) is 0 Å². The van der Waals surface area contributed by atoms with E-state index < -0.39 is 11.7 Å². The lowest BCUT2D eigenvalue weighted by molar-refractivity contribution is -0.0341. The number of aromatic nitrogens is 2. The van der Waals surface area contributed by atoms with Gasteiger partial charge in [-0.3, -0.25) is 9.88 Å². The highest BCUT2D eigenvalue weighted by atomic mass is 16.5. The minimum atomic E-state index is -0.458. The van der Waals surface area contributed by atoms with Gasteiger partial charge in [-0.05, 0) is 58.6 Å². The molecule has 1 saturated heterocycles. The van der Waals surface area contributed by atoms with E-state index in [1.54, 1.807) is 12.3 Å². The molecule has 2 heterocycles. The minimum Gasteiger partial charge on any atom is -0.354 e. The van der Waals surface area contributed by atoms with Gasteiger partial charge in [0.1, 0.15) is 12.0 Å². The Labute approximate surface area is 206 Å². The van der Waals surface area contributed by atoms with Crippen molar-refractivity contribution in [1.29, 1.82) is 0 Å². The molecule has 0 radical (unpaired) electrons. The van der Waals surface area contributed by atoms with Crippen LogP contribution in [0.1, 0.15) is 60.6 Å². The van der Waals surface area contributed by atoms with Gasteiger partial charge in [-0.25, -0.2) is 9.59 Å². The van der Waals surface area contributed by atoms with Crippen molar-refractivity contribution < 1.29 is 9.53 Å². The molecule has 3 aromatic rings. The number of nitrogens with zero attached hydrogens (tertiary/aromatic N) is 2. The lowest BCUT2D eigenvalue weighted by Gasteiger charge is -2.33. The third kappa shape index (κ3) is 6.09. The maximum absolute atomic E-state index is 12.9. The number of rotatable bonds is 4. The Morgan fingerprint density at radius 1 is 1.03 bits per heavy atom. The summed E-state index contributed by atoms with van der Waals surface area (Å²) >= 11 is 0. The van der Waals surface area contributed by atoms with Crippen molar-refractivity contribution in [2.75, 3.05) is 10.6 Å². The Hall–Kier alpha value is -3.19. The number of benzene rings is 2. The van der Waals surface area contributed by atoms with Crippen LogP contribution in [-0.4, -0.2) is 21.7 Å². The van der Waals surface area contributed by atoms with Crippen molar-refractivity contribution in [1.82, 2.24) is 9.55 Å². The van der Waals surface area contributed by atoms with Crippen LogP contribution >= 0.6 is 0 Å². The SMILES string of the molecule is CC(C)(C)C[C@H]1O[C@@H](n2ccc(NC(=O)Nc3ccc4ccccc4c3)nc2=O)CC1C(C)(C)C. The van der Waals surface area contributed by atoms with Crippen LogP contribution in [0.5, 0.6) is 0 Å². The number of ether oxygens (including phenoxy) is 1. The first-order chi connectivity index (χ1) is 16.4. The highest BCUT2D eigenvalue weighted by Gasteiger charge is 2.44. The maximum Gasteiger partial charge on any atom is 0.351 e. The van der Waals surface area contributed by atoms with E-state index in [0.717, 1.165) is 23.6 Å². The molecule has 2 amide bonds. The van der Waals surface area contributed by atoms with Gasteiger partial charge in [0.15, 0.2) is 0 Å². The molecule has 35 heavy (non-hydrogen) atoms. The zero-order chi connectivity index (χ0) is 25.4. The zero-order valence-electron chi connectivity index (χ0n) is 21.5. The molecule has 186 valence electrons. The second-order valence-corrected chi connectivity index (χ2v) is 11.7. The molecule has 2 N–H and O–H groups in total. The largest absolute Gasteiger partial charge is 0.354 e. The maximum atomic E-state index is 12.9. The quantitative estimate of drug-likeness (QED) is 0.455. The molecule has 1 aliphatic rings. The van der Waals surface area contributed by atoms with Gasteiger partial charge in [0, 0.05) is 11.9 Å². The molecular weight excluding hydrogens is 440 g/mol. The Morgan fingerprint density at radius 2 is 1.74 bits per heavy atom. The number of hydrogen-bond donors (Lipinski definition) is 2. The van der Waals surface area contributed by atoms with Crippen LogP contribution in [0, 0.1) is 16.7 Å². The molecule has 1 unspecified atom stereocenters. The Morgan fingerprint density at radius 3 is 2.40 bits per heavy atom. The predicted octanol–water partition coefficient (Wildman–Crippen LogP) is 6.43. The number of hydrogen-bond acceptors (Lipinski definition) is 4. The first-order valence-electron chi connectivity index (χ1n) is 12.2. The van der Waals surface area contributed by atoms with Crippen molar-refractivity contribution >= 4 is 28.3 Å². The van der Waals surface area contributed by atoms with Crippen molar-refractivity contribution in [3.05, 3.63) is 65.2 Å². The average Bonchev–Trinajstić information content (AvgIpc) is 3.16. The van der Waals surface area contributed by atoms with Crippen LogP contribution in [0.4, 0.5) is 16.3 Å². The number of carbonyl (C=O) groups excluding carboxylic acids is 1. The number of amides is 2. The first kappa shape index (κ1) is 24.9. The van der Waals surface area contributed by atoms with Crippen LogP contribution in [-0.2, 0) is 4.74 Å². The standard InChI is InChI=1S/C28H36N4O3/c1-27(2,3)17-22-21(28(4,5)6)16-24(35-22)32-14-13-23(31-26(32)34)30-25(33)29-20-12-11-18-9-7-8-10-19(18)15-20/h7-15,21-22,24H,16-17H2,1-6H3,(H2,29,30,31,33,34)/t21?,22-,24-/m1/s1. The fourth-order valence-corrected chi connectivity index (χ4v) is 4.85. The van der Waals surface area contributed by atoms with E-state index in [-0.39, 0.29) is 29.0 Å². The van der Waals surface area contributed by atoms with E-state index in [0.29, 0.717) is 11.6 Å². The molecule has 3 atom stereocenters. The summed E-state index contributed by atoms with van der Waals surface area (Å²) in [7, 11) is 0. The second kappa shape index (κ2) is 9.46. The summed E-state index contributed by atoms with van der Waals surface area (Å²) in [5, 5.41) is 7.58. The number of urea groups is 1. The van der Waals surface area contributed by atoms with Crippen LogP contribution in [0.2, 0.25) is 0 Å². The van der Waals surface area contributed by atoms with E-state index in [2.05, 4.69) is 57.2 Å². The summed E-state index contributed by atoms with van der Waals surface area (Å²) in [6, 6.07) is 14.8. The van der Waals surface area contributed by atoms with Crippen LogP contribution in [0.15, 0.2) is 59.5 Å². The van der Waals surface area contributed by atoms with Gasteiger partial charge in [0.05, 0.1) is 6.10 Å². The molecule has 2 aromatic carbocycles. The van der Waals surface area contributed by atoms with E-state index in [1.165, 1.54) is 4.57 Å². The number of anilines is 2. The summed E-state index contributed by atoms with van der Waals surface area (Å²) in [6.07, 6.45) is 3.03. The molecule has 7 heteroatoms. The third-order valence-electron chi connectivity index (χ3n) is 6.55. The molecular formula is C28H36N4O3. The summed E-state index contributed by atoms with van der Waals surface area (Å²) in [5.41, 5.74) is 0.400. The Kier molecular flexibility index (Phi) is 6.73. The van der Waals surface area contributed by atoms with E-state index >= 15 is 0 Å². The summed E-state index contributed by atoms with van der Waals surface area (Å²) in [4.78, 5) is 29.5. The van der Waals surface area contributed by atoms with Crippen molar-refractivity contribution in [2.45, 2.75) is 66.7 Å². The molecule has 0 aliphatic carbocycles. The summed E-state index contributed by atoms with van der Waals surface area (Å²) < 4.78 is 7.94. The van der Waals surface area contributed by atoms with E-state index in [1.807, 2.05) is 42.5 Å². The minimum absolute atomic E-state index is 0.0596. The fraction of sp³-hybridized carbons (Fsp3) is 0.464. The normalized spacial score (nSPS) is 20.7. The van der Waals surface area contributed by atoms with Gasteiger partial charge < -0.3 is 10.1 Å². The highest BCUT2D eigenvalue weighted by Crippen LogP contribution is 2.46.